The van der Waals surface area contributed by atoms with Crippen LogP contribution in [-0.2, 0) is 9.53 Å². The van der Waals surface area contributed by atoms with Crippen molar-refractivity contribution in [1.82, 2.24) is 10.2 Å². The van der Waals surface area contributed by atoms with E-state index in [4.69, 9.17) is 9.84 Å². The predicted octanol–water partition coefficient (Wildman–Crippen LogP) is 1.59. The number of carbonyl (C=O) groups is 2. The fraction of sp³-hybridized carbons (Fsp3) is 0.857. The first-order valence-corrected chi connectivity index (χ1v) is 7.36. The number of carbonyl (C=O) groups excluding carboxylic acids is 1. The summed E-state index contributed by atoms with van der Waals surface area (Å²) in [7, 11) is 1.62. The second-order valence-electron chi connectivity index (χ2n) is 5.91. The third-order valence-corrected chi connectivity index (χ3v) is 4.21. The zero-order valence-corrected chi connectivity index (χ0v) is 12.1. The molecule has 0 aromatic heterocycles. The lowest BCUT2D eigenvalue weighted by Gasteiger charge is -2.32. The van der Waals surface area contributed by atoms with Gasteiger partial charge < -0.3 is 20.1 Å². The molecule has 0 heterocycles. The van der Waals surface area contributed by atoms with Crippen molar-refractivity contribution >= 4 is 12.0 Å². The van der Waals surface area contributed by atoms with Crippen LogP contribution in [0.15, 0.2) is 0 Å². The van der Waals surface area contributed by atoms with E-state index in [2.05, 4.69) is 5.32 Å². The van der Waals surface area contributed by atoms with E-state index in [1.807, 2.05) is 0 Å². The van der Waals surface area contributed by atoms with Gasteiger partial charge in [0.15, 0.2) is 0 Å². The average Bonchev–Trinajstić information content (AvgIpc) is 3.11. The van der Waals surface area contributed by atoms with Crippen LogP contribution in [0.1, 0.15) is 44.9 Å². The highest BCUT2D eigenvalue weighted by molar-refractivity contribution is 5.77. The molecule has 2 aliphatic carbocycles. The molecular formula is C14H24N2O4. The molecule has 0 aromatic rings. The maximum absolute atomic E-state index is 12.4. The second kappa shape index (κ2) is 6.43. The van der Waals surface area contributed by atoms with Gasteiger partial charge in [0.05, 0.1) is 18.6 Å². The molecule has 2 fully saturated rings. The molecule has 6 heteroatoms. The van der Waals surface area contributed by atoms with Gasteiger partial charge in [-0.1, -0.05) is 12.8 Å². The molecule has 2 amide bonds. The first kappa shape index (κ1) is 15.1. The summed E-state index contributed by atoms with van der Waals surface area (Å²) >= 11 is 0. The Morgan fingerprint density at radius 1 is 1.35 bits per heavy atom. The summed E-state index contributed by atoms with van der Waals surface area (Å²) < 4.78 is 5.04. The Hall–Kier alpha value is -1.30. The summed E-state index contributed by atoms with van der Waals surface area (Å²) in [6.45, 7) is 1.08. The molecule has 6 nitrogen and oxygen atoms in total. The average molecular weight is 284 g/mol. The molecule has 114 valence electrons. The van der Waals surface area contributed by atoms with Crippen LogP contribution in [0, 0.1) is 0 Å². The standard InChI is InChI=1S/C14H24N2O4/c1-20-9-8-16(11-4-5-11)13(19)15-14(10-12(17)18)6-2-3-7-14/h11H,2-10H2,1H3,(H,15,19)(H,17,18). The number of hydrogen-bond acceptors (Lipinski definition) is 3. The molecule has 0 aliphatic heterocycles. The quantitative estimate of drug-likeness (QED) is 0.744. The molecule has 0 unspecified atom stereocenters. The molecule has 20 heavy (non-hydrogen) atoms. The monoisotopic (exact) mass is 284 g/mol. The van der Waals surface area contributed by atoms with E-state index >= 15 is 0 Å². The van der Waals surface area contributed by atoms with Crippen molar-refractivity contribution in [3.63, 3.8) is 0 Å². The van der Waals surface area contributed by atoms with E-state index in [1.165, 1.54) is 0 Å². The maximum atomic E-state index is 12.4. The molecule has 2 N–H and O–H groups in total. The van der Waals surface area contributed by atoms with Crippen LogP contribution >= 0.6 is 0 Å². The van der Waals surface area contributed by atoms with Gasteiger partial charge in [-0.2, -0.15) is 0 Å². The summed E-state index contributed by atoms with van der Waals surface area (Å²) in [5.74, 6) is -0.845. The van der Waals surface area contributed by atoms with Gasteiger partial charge in [0, 0.05) is 19.7 Å². The van der Waals surface area contributed by atoms with E-state index < -0.39 is 11.5 Å². The van der Waals surface area contributed by atoms with E-state index in [9.17, 15) is 9.59 Å². The maximum Gasteiger partial charge on any atom is 0.318 e. The van der Waals surface area contributed by atoms with Crippen molar-refractivity contribution in [3.05, 3.63) is 0 Å². The highest BCUT2D eigenvalue weighted by atomic mass is 16.5. The lowest BCUT2D eigenvalue weighted by atomic mass is 9.93. The predicted molar refractivity (Wildman–Crippen MR) is 73.6 cm³/mol. The Bertz CT molecular complexity index is 362. The smallest absolute Gasteiger partial charge is 0.318 e. The number of ether oxygens (including phenoxy) is 1. The minimum absolute atomic E-state index is 0.0154. The van der Waals surface area contributed by atoms with Gasteiger partial charge in [-0.05, 0) is 25.7 Å². The molecule has 2 saturated carbocycles. The summed E-state index contributed by atoms with van der Waals surface area (Å²) in [4.78, 5) is 25.3. The van der Waals surface area contributed by atoms with Gasteiger partial charge in [0.1, 0.15) is 0 Å². The van der Waals surface area contributed by atoms with Crippen molar-refractivity contribution < 1.29 is 19.4 Å². The second-order valence-corrected chi connectivity index (χ2v) is 5.91. The summed E-state index contributed by atoms with van der Waals surface area (Å²) in [5, 5.41) is 12.1. The van der Waals surface area contributed by atoms with E-state index in [0.717, 1.165) is 38.5 Å². The first-order chi connectivity index (χ1) is 9.56. The van der Waals surface area contributed by atoms with Crippen LogP contribution in [0.5, 0.6) is 0 Å². The molecule has 0 spiro atoms. The van der Waals surface area contributed by atoms with E-state index in [1.54, 1.807) is 12.0 Å². The zero-order chi connectivity index (χ0) is 14.6. The zero-order valence-electron chi connectivity index (χ0n) is 12.1. The van der Waals surface area contributed by atoms with Crippen molar-refractivity contribution in [3.8, 4) is 0 Å². The third kappa shape index (κ3) is 3.85. The molecule has 0 bridgehead atoms. The van der Waals surface area contributed by atoms with Crippen molar-refractivity contribution in [1.29, 1.82) is 0 Å². The molecule has 0 radical (unpaired) electrons. The Morgan fingerprint density at radius 2 is 2.00 bits per heavy atom. The fourth-order valence-corrected chi connectivity index (χ4v) is 3.01. The number of carboxylic acids is 1. The lowest BCUT2D eigenvalue weighted by molar-refractivity contribution is -0.138. The van der Waals surface area contributed by atoms with E-state index in [0.29, 0.717) is 19.2 Å². The normalized spacial score (nSPS) is 20.6. The Morgan fingerprint density at radius 3 is 2.50 bits per heavy atom. The number of rotatable bonds is 7. The first-order valence-electron chi connectivity index (χ1n) is 7.36. The van der Waals surface area contributed by atoms with Crippen LogP contribution < -0.4 is 5.32 Å². The minimum Gasteiger partial charge on any atom is -0.481 e. The van der Waals surface area contributed by atoms with Crippen molar-refractivity contribution in [2.24, 2.45) is 0 Å². The van der Waals surface area contributed by atoms with Crippen LogP contribution in [0.4, 0.5) is 4.79 Å². The molecule has 0 aromatic carbocycles. The number of nitrogens with zero attached hydrogens (tertiary/aromatic N) is 1. The number of methoxy groups -OCH3 is 1. The van der Waals surface area contributed by atoms with Crippen LogP contribution in [-0.4, -0.2) is 53.8 Å². The number of carboxylic acid groups (broad SMARTS) is 1. The van der Waals surface area contributed by atoms with Crippen LogP contribution in [0.25, 0.3) is 0 Å². The molecular weight excluding hydrogens is 260 g/mol. The number of amides is 2. The van der Waals surface area contributed by atoms with Gasteiger partial charge in [0.25, 0.3) is 0 Å². The minimum atomic E-state index is -0.845. The summed E-state index contributed by atoms with van der Waals surface area (Å²) in [6.07, 6.45) is 5.55. The molecule has 2 rings (SSSR count). The SMILES string of the molecule is COCCN(C(=O)NC1(CC(=O)O)CCCC1)C1CC1. The molecule has 0 atom stereocenters. The lowest BCUT2D eigenvalue weighted by Crippen LogP contribution is -2.54. The van der Waals surface area contributed by atoms with Gasteiger partial charge >= 0.3 is 12.0 Å². The number of nitrogens with one attached hydrogen (secondary N) is 1. The number of aliphatic carboxylic acids is 1. The summed E-state index contributed by atoms with van der Waals surface area (Å²) in [5.41, 5.74) is -0.552. The molecule has 2 aliphatic rings. The van der Waals surface area contributed by atoms with Gasteiger partial charge in [-0.3, -0.25) is 4.79 Å². The molecule has 0 saturated heterocycles. The van der Waals surface area contributed by atoms with Crippen LogP contribution in [0.3, 0.4) is 0 Å². The van der Waals surface area contributed by atoms with Crippen molar-refractivity contribution in [2.45, 2.75) is 56.5 Å². The van der Waals surface area contributed by atoms with Crippen molar-refractivity contribution in [2.75, 3.05) is 20.3 Å². The van der Waals surface area contributed by atoms with E-state index in [-0.39, 0.29) is 12.5 Å². The Balaban J connectivity index is 1.97. The van der Waals surface area contributed by atoms with Gasteiger partial charge in [0.2, 0.25) is 0 Å². The van der Waals surface area contributed by atoms with Crippen LogP contribution in [0.2, 0.25) is 0 Å². The third-order valence-electron chi connectivity index (χ3n) is 4.21. The number of urea groups is 1. The number of hydrogen-bond donors (Lipinski definition) is 2. The highest BCUT2D eigenvalue weighted by Gasteiger charge is 2.40. The van der Waals surface area contributed by atoms with Gasteiger partial charge in [-0.25, -0.2) is 4.79 Å². The fourth-order valence-electron chi connectivity index (χ4n) is 3.01. The summed E-state index contributed by atoms with van der Waals surface area (Å²) in [6, 6.07) is 0.168. The Kier molecular flexibility index (Phi) is 4.86. The van der Waals surface area contributed by atoms with Gasteiger partial charge in [-0.15, -0.1) is 0 Å². The largest absolute Gasteiger partial charge is 0.481 e. The topological polar surface area (TPSA) is 78.9 Å². The highest BCUT2D eigenvalue weighted by Crippen LogP contribution is 2.34. The Labute approximate surface area is 119 Å².